The molecule has 2 aromatic carbocycles. The lowest BCUT2D eigenvalue weighted by Gasteiger charge is -2.25. The van der Waals surface area contributed by atoms with Gasteiger partial charge in [-0.2, -0.15) is 0 Å². The number of hydrogen-bond donors (Lipinski definition) is 1. The molecule has 1 amide bonds. The SMILES string of the molecule is COc1ccc([C@@H]2/C(=C(\O)c3ccc4c(c3)C[C@@H](C)O4)C(=O)C(=O)N2Cc2cccnc2)cc1. The highest BCUT2D eigenvalue weighted by Crippen LogP contribution is 2.41. The van der Waals surface area contributed by atoms with Crippen molar-refractivity contribution in [2.24, 2.45) is 0 Å². The van der Waals surface area contributed by atoms with E-state index in [0.29, 0.717) is 23.3 Å². The first-order valence-electron chi connectivity index (χ1n) is 11.1. The number of rotatable bonds is 5. The number of likely N-dealkylation sites (tertiary alicyclic amines) is 1. The van der Waals surface area contributed by atoms with Gasteiger partial charge in [-0.05, 0) is 60.0 Å². The number of pyridine rings is 1. The van der Waals surface area contributed by atoms with Crippen LogP contribution in [0.4, 0.5) is 0 Å². The Balaban J connectivity index is 1.62. The monoisotopic (exact) mass is 456 g/mol. The third-order valence-electron chi connectivity index (χ3n) is 6.22. The predicted molar refractivity (Wildman–Crippen MR) is 125 cm³/mol. The minimum absolute atomic E-state index is 0.0526. The maximum atomic E-state index is 13.2. The molecule has 0 radical (unpaired) electrons. The van der Waals surface area contributed by atoms with Crippen LogP contribution in [0, 0.1) is 0 Å². The fourth-order valence-electron chi connectivity index (χ4n) is 4.59. The third kappa shape index (κ3) is 3.79. The highest BCUT2D eigenvalue weighted by atomic mass is 16.5. The van der Waals surface area contributed by atoms with Crippen LogP contribution in [0.15, 0.2) is 72.6 Å². The van der Waals surface area contributed by atoms with E-state index in [-0.39, 0.29) is 24.0 Å². The Morgan fingerprint density at radius 1 is 1.18 bits per heavy atom. The molecule has 2 atom stereocenters. The maximum absolute atomic E-state index is 13.2. The summed E-state index contributed by atoms with van der Waals surface area (Å²) in [6.07, 6.45) is 4.08. The lowest BCUT2D eigenvalue weighted by Crippen LogP contribution is -2.29. The summed E-state index contributed by atoms with van der Waals surface area (Å²) in [6.45, 7) is 2.16. The molecule has 34 heavy (non-hydrogen) atoms. The number of nitrogens with zero attached hydrogens (tertiary/aromatic N) is 2. The molecule has 2 aliphatic heterocycles. The highest BCUT2D eigenvalue weighted by molar-refractivity contribution is 6.46. The summed E-state index contributed by atoms with van der Waals surface area (Å²) in [4.78, 5) is 32.0. The summed E-state index contributed by atoms with van der Waals surface area (Å²) < 4.78 is 11.0. The van der Waals surface area contributed by atoms with Crippen LogP contribution < -0.4 is 9.47 Å². The zero-order valence-corrected chi connectivity index (χ0v) is 18.9. The van der Waals surface area contributed by atoms with E-state index in [1.807, 2.05) is 19.1 Å². The van der Waals surface area contributed by atoms with Crippen LogP contribution in [0.5, 0.6) is 11.5 Å². The van der Waals surface area contributed by atoms with Crippen LogP contribution in [-0.2, 0) is 22.6 Å². The van der Waals surface area contributed by atoms with E-state index < -0.39 is 17.7 Å². The van der Waals surface area contributed by atoms with Gasteiger partial charge in [0.1, 0.15) is 23.4 Å². The normalized spacial score (nSPS) is 20.8. The lowest BCUT2D eigenvalue weighted by molar-refractivity contribution is -0.140. The Morgan fingerprint density at radius 3 is 2.68 bits per heavy atom. The zero-order chi connectivity index (χ0) is 23.8. The van der Waals surface area contributed by atoms with Gasteiger partial charge in [0.25, 0.3) is 11.7 Å². The number of benzene rings is 2. The smallest absolute Gasteiger partial charge is 0.295 e. The molecule has 0 bridgehead atoms. The lowest BCUT2D eigenvalue weighted by atomic mass is 9.94. The Kier molecular flexibility index (Phi) is 5.53. The molecule has 7 heteroatoms. The molecule has 1 N–H and O–H groups in total. The number of methoxy groups -OCH3 is 1. The van der Waals surface area contributed by atoms with Gasteiger partial charge in [0, 0.05) is 30.9 Å². The predicted octanol–water partition coefficient (Wildman–Crippen LogP) is 4.04. The second-order valence-electron chi connectivity index (χ2n) is 8.52. The Labute approximate surface area is 197 Å². The van der Waals surface area contributed by atoms with E-state index >= 15 is 0 Å². The minimum Gasteiger partial charge on any atom is -0.507 e. The van der Waals surface area contributed by atoms with Gasteiger partial charge in [-0.3, -0.25) is 14.6 Å². The first-order chi connectivity index (χ1) is 16.5. The number of aliphatic hydroxyl groups excluding tert-OH is 1. The number of aromatic nitrogens is 1. The zero-order valence-electron chi connectivity index (χ0n) is 18.9. The Bertz CT molecular complexity index is 1280. The van der Waals surface area contributed by atoms with Crippen LogP contribution >= 0.6 is 0 Å². The van der Waals surface area contributed by atoms with Crippen molar-refractivity contribution in [3.05, 3.63) is 94.8 Å². The summed E-state index contributed by atoms with van der Waals surface area (Å²) in [5.41, 5.74) is 2.98. The molecule has 0 saturated carbocycles. The molecule has 0 aliphatic carbocycles. The fourth-order valence-corrected chi connectivity index (χ4v) is 4.59. The van der Waals surface area contributed by atoms with Crippen molar-refractivity contribution in [1.82, 2.24) is 9.88 Å². The van der Waals surface area contributed by atoms with Gasteiger partial charge in [0.2, 0.25) is 0 Å². The molecule has 3 heterocycles. The van der Waals surface area contributed by atoms with E-state index in [4.69, 9.17) is 9.47 Å². The topological polar surface area (TPSA) is 89.0 Å². The molecule has 1 saturated heterocycles. The van der Waals surface area contributed by atoms with E-state index in [2.05, 4.69) is 4.98 Å². The molecular weight excluding hydrogens is 432 g/mol. The molecule has 1 fully saturated rings. The number of carbonyl (C=O) groups is 2. The molecule has 7 nitrogen and oxygen atoms in total. The average molecular weight is 456 g/mol. The molecule has 3 aromatic rings. The van der Waals surface area contributed by atoms with Crippen LogP contribution in [0.1, 0.15) is 35.2 Å². The first-order valence-corrected chi connectivity index (χ1v) is 11.1. The molecule has 172 valence electrons. The van der Waals surface area contributed by atoms with Crippen molar-refractivity contribution in [2.75, 3.05) is 7.11 Å². The van der Waals surface area contributed by atoms with Gasteiger partial charge in [-0.25, -0.2) is 0 Å². The first kappa shape index (κ1) is 21.7. The number of hydrogen-bond acceptors (Lipinski definition) is 6. The van der Waals surface area contributed by atoms with E-state index in [1.54, 1.807) is 62.0 Å². The molecular formula is C27H24N2O5. The number of ether oxygens (including phenoxy) is 2. The van der Waals surface area contributed by atoms with Crippen molar-refractivity contribution in [3.8, 4) is 11.5 Å². The Hall–Kier alpha value is -4.13. The van der Waals surface area contributed by atoms with Crippen LogP contribution in [-0.4, -0.2) is 39.9 Å². The largest absolute Gasteiger partial charge is 0.507 e. The van der Waals surface area contributed by atoms with Gasteiger partial charge in [0.15, 0.2) is 0 Å². The third-order valence-corrected chi connectivity index (χ3v) is 6.22. The van der Waals surface area contributed by atoms with Crippen LogP contribution in [0.3, 0.4) is 0 Å². The summed E-state index contributed by atoms with van der Waals surface area (Å²) in [7, 11) is 1.57. The van der Waals surface area contributed by atoms with Gasteiger partial charge in [0.05, 0.1) is 18.7 Å². The number of fused-ring (bicyclic) bond motifs is 1. The minimum atomic E-state index is -0.755. The van der Waals surface area contributed by atoms with E-state index in [0.717, 1.165) is 16.9 Å². The number of aliphatic hydroxyl groups is 1. The summed E-state index contributed by atoms with van der Waals surface area (Å²) in [5.74, 6) is -0.152. The van der Waals surface area contributed by atoms with Gasteiger partial charge in [-0.15, -0.1) is 0 Å². The highest BCUT2D eigenvalue weighted by Gasteiger charge is 2.46. The molecule has 5 rings (SSSR count). The average Bonchev–Trinajstić information content (AvgIpc) is 3.35. The second-order valence-corrected chi connectivity index (χ2v) is 8.52. The van der Waals surface area contributed by atoms with Gasteiger partial charge in [-0.1, -0.05) is 18.2 Å². The quantitative estimate of drug-likeness (QED) is 0.354. The Morgan fingerprint density at radius 2 is 1.97 bits per heavy atom. The van der Waals surface area contributed by atoms with E-state index in [1.165, 1.54) is 4.90 Å². The molecule has 2 aliphatic rings. The molecule has 0 spiro atoms. The van der Waals surface area contributed by atoms with Crippen molar-refractivity contribution < 1.29 is 24.2 Å². The maximum Gasteiger partial charge on any atom is 0.295 e. The van der Waals surface area contributed by atoms with Crippen LogP contribution in [0.2, 0.25) is 0 Å². The molecule has 0 unspecified atom stereocenters. The van der Waals surface area contributed by atoms with Crippen molar-refractivity contribution in [2.45, 2.75) is 32.0 Å². The summed E-state index contributed by atoms with van der Waals surface area (Å²) in [5, 5.41) is 11.3. The fraction of sp³-hybridized carbons (Fsp3) is 0.222. The molecule has 1 aromatic heterocycles. The number of carbonyl (C=O) groups excluding carboxylic acids is 2. The van der Waals surface area contributed by atoms with Gasteiger partial charge < -0.3 is 19.5 Å². The summed E-state index contributed by atoms with van der Waals surface area (Å²) in [6, 6.07) is 15.4. The van der Waals surface area contributed by atoms with E-state index in [9.17, 15) is 14.7 Å². The summed E-state index contributed by atoms with van der Waals surface area (Å²) >= 11 is 0. The van der Waals surface area contributed by atoms with Crippen LogP contribution in [0.25, 0.3) is 5.76 Å². The van der Waals surface area contributed by atoms with Crippen molar-refractivity contribution >= 4 is 17.4 Å². The van der Waals surface area contributed by atoms with Gasteiger partial charge >= 0.3 is 0 Å². The number of Topliss-reactive ketones (excluding diaryl/α,β-unsaturated/α-hetero) is 1. The second kappa shape index (κ2) is 8.67. The number of amides is 1. The van der Waals surface area contributed by atoms with Crippen molar-refractivity contribution in [3.63, 3.8) is 0 Å². The standard InChI is InChI=1S/C27H24N2O5/c1-16-12-20-13-19(7-10-22(20)34-16)25(30)23-24(18-5-8-21(33-2)9-6-18)29(27(32)26(23)31)15-17-4-3-11-28-14-17/h3-11,13-14,16,24,30H,12,15H2,1-2H3/b25-23+/t16-,24-/m1/s1. The van der Waals surface area contributed by atoms with Crippen molar-refractivity contribution in [1.29, 1.82) is 0 Å². The number of ketones is 1.